The molecule has 0 atom stereocenters. The van der Waals surface area contributed by atoms with Crippen molar-refractivity contribution >= 4 is 16.8 Å². The molecule has 1 saturated heterocycles. The summed E-state index contributed by atoms with van der Waals surface area (Å²) in [6.07, 6.45) is 4.21. The van der Waals surface area contributed by atoms with Crippen molar-refractivity contribution in [3.63, 3.8) is 0 Å². The molecule has 0 bridgehead atoms. The molecule has 152 valence electrons. The van der Waals surface area contributed by atoms with Gasteiger partial charge in [-0.2, -0.15) is 0 Å². The number of amides is 1. The maximum Gasteiger partial charge on any atom is 0.265 e. The summed E-state index contributed by atoms with van der Waals surface area (Å²) in [5.41, 5.74) is 2.18. The number of hydrogen-bond acceptors (Lipinski definition) is 2. The van der Waals surface area contributed by atoms with Gasteiger partial charge < -0.3 is 14.5 Å². The van der Waals surface area contributed by atoms with E-state index in [1.165, 1.54) is 4.57 Å². The normalized spacial score (nSPS) is 16.3. The van der Waals surface area contributed by atoms with E-state index in [-0.39, 0.29) is 24.9 Å². The molecule has 4 rings (SSSR count). The zero-order valence-electron chi connectivity index (χ0n) is 16.3. The number of fused-ring (bicyclic) bond motifs is 1. The van der Waals surface area contributed by atoms with Crippen molar-refractivity contribution in [2.24, 2.45) is 0 Å². The third-order valence-corrected chi connectivity index (χ3v) is 5.56. The third kappa shape index (κ3) is 3.81. The standard InChI is InChI=1S/C22H23F2N3O2/c1-15-7-11-26(12-8-16-13-25-18-6-3-2-5-17(16)18)20(28)19(15)21(29)27-10-4-9-22(23,24)14-27/h2-3,5-7,11,13,25H,4,8-10,12,14H2,1H3. The number of piperidine rings is 1. The van der Waals surface area contributed by atoms with Gasteiger partial charge in [-0.25, -0.2) is 8.78 Å². The van der Waals surface area contributed by atoms with E-state index in [0.717, 1.165) is 21.4 Å². The molecule has 1 aliphatic rings. The van der Waals surface area contributed by atoms with E-state index in [1.807, 2.05) is 30.5 Å². The van der Waals surface area contributed by atoms with Gasteiger partial charge in [0.1, 0.15) is 5.56 Å². The first-order chi connectivity index (χ1) is 13.9. The summed E-state index contributed by atoms with van der Waals surface area (Å²) < 4.78 is 29.0. The van der Waals surface area contributed by atoms with Gasteiger partial charge in [-0.3, -0.25) is 9.59 Å². The Morgan fingerprint density at radius 2 is 2.03 bits per heavy atom. The topological polar surface area (TPSA) is 58.1 Å². The van der Waals surface area contributed by atoms with Crippen molar-refractivity contribution in [1.82, 2.24) is 14.5 Å². The van der Waals surface area contributed by atoms with Gasteiger partial charge >= 0.3 is 0 Å². The number of halogens is 2. The van der Waals surface area contributed by atoms with E-state index in [0.29, 0.717) is 18.5 Å². The van der Waals surface area contributed by atoms with Crippen LogP contribution in [-0.4, -0.2) is 39.4 Å². The van der Waals surface area contributed by atoms with Gasteiger partial charge in [0.15, 0.2) is 0 Å². The number of para-hydroxylation sites is 1. The second-order valence-corrected chi connectivity index (χ2v) is 7.67. The largest absolute Gasteiger partial charge is 0.361 e. The summed E-state index contributed by atoms with van der Waals surface area (Å²) in [5.74, 6) is -3.50. The summed E-state index contributed by atoms with van der Waals surface area (Å²) in [6.45, 7) is 1.69. The quantitative estimate of drug-likeness (QED) is 0.726. The lowest BCUT2D eigenvalue weighted by Crippen LogP contribution is -2.47. The first-order valence-corrected chi connectivity index (χ1v) is 9.78. The molecule has 3 aromatic rings. The molecule has 0 aliphatic carbocycles. The summed E-state index contributed by atoms with van der Waals surface area (Å²) in [4.78, 5) is 30.2. The lowest BCUT2D eigenvalue weighted by Gasteiger charge is -2.32. The fourth-order valence-corrected chi connectivity index (χ4v) is 3.98. The lowest BCUT2D eigenvalue weighted by atomic mass is 10.0. The van der Waals surface area contributed by atoms with Gasteiger partial charge in [0.05, 0.1) is 6.54 Å². The van der Waals surface area contributed by atoms with Crippen LogP contribution in [-0.2, 0) is 13.0 Å². The molecule has 1 aromatic carbocycles. The molecule has 29 heavy (non-hydrogen) atoms. The highest BCUT2D eigenvalue weighted by Crippen LogP contribution is 2.27. The lowest BCUT2D eigenvalue weighted by molar-refractivity contribution is -0.0561. The van der Waals surface area contributed by atoms with Gasteiger partial charge in [0.25, 0.3) is 17.4 Å². The number of aromatic amines is 1. The predicted molar refractivity (Wildman–Crippen MR) is 108 cm³/mol. The van der Waals surface area contributed by atoms with Crippen LogP contribution < -0.4 is 5.56 Å². The Bertz CT molecular complexity index is 1120. The Balaban J connectivity index is 1.58. The van der Waals surface area contributed by atoms with Gasteiger partial charge in [0, 0.05) is 42.8 Å². The number of pyridine rings is 1. The van der Waals surface area contributed by atoms with Crippen LogP contribution in [0, 0.1) is 6.92 Å². The number of carbonyl (C=O) groups is 1. The minimum Gasteiger partial charge on any atom is -0.361 e. The molecule has 1 aliphatic heterocycles. The highest BCUT2D eigenvalue weighted by Gasteiger charge is 2.38. The number of H-pyrrole nitrogens is 1. The van der Waals surface area contributed by atoms with E-state index in [1.54, 1.807) is 19.2 Å². The molecule has 0 unspecified atom stereocenters. The first-order valence-electron chi connectivity index (χ1n) is 9.78. The fourth-order valence-electron chi connectivity index (χ4n) is 3.98. The van der Waals surface area contributed by atoms with Crippen molar-refractivity contribution in [3.8, 4) is 0 Å². The maximum absolute atomic E-state index is 13.7. The van der Waals surface area contributed by atoms with Crippen LogP contribution in [0.5, 0.6) is 0 Å². The molecule has 1 amide bonds. The summed E-state index contributed by atoms with van der Waals surface area (Å²) in [6, 6.07) is 9.62. The Kier molecular flexibility index (Phi) is 4.98. The Hall–Kier alpha value is -2.96. The van der Waals surface area contributed by atoms with E-state index in [2.05, 4.69) is 4.98 Å². The van der Waals surface area contributed by atoms with E-state index in [9.17, 15) is 18.4 Å². The number of aryl methyl sites for hydroxylation is 3. The van der Waals surface area contributed by atoms with Gasteiger partial charge in [-0.1, -0.05) is 18.2 Å². The van der Waals surface area contributed by atoms with Crippen LogP contribution >= 0.6 is 0 Å². The van der Waals surface area contributed by atoms with Crippen molar-refractivity contribution in [2.75, 3.05) is 13.1 Å². The fraction of sp³-hybridized carbons (Fsp3) is 0.364. The number of benzene rings is 1. The van der Waals surface area contributed by atoms with Gasteiger partial charge in [-0.15, -0.1) is 0 Å². The summed E-state index contributed by atoms with van der Waals surface area (Å²) in [7, 11) is 0. The van der Waals surface area contributed by atoms with Crippen molar-refractivity contribution in [1.29, 1.82) is 0 Å². The van der Waals surface area contributed by atoms with E-state index < -0.39 is 23.9 Å². The number of rotatable bonds is 4. The molecule has 1 fully saturated rings. The van der Waals surface area contributed by atoms with Crippen molar-refractivity contribution < 1.29 is 13.6 Å². The number of carbonyl (C=O) groups excluding carboxylic acids is 1. The number of aromatic nitrogens is 2. The molecule has 5 nitrogen and oxygen atoms in total. The van der Waals surface area contributed by atoms with Crippen molar-refractivity contribution in [2.45, 2.75) is 38.7 Å². The van der Waals surface area contributed by atoms with Gasteiger partial charge in [-0.05, 0) is 43.0 Å². The Morgan fingerprint density at radius 1 is 1.24 bits per heavy atom. The average Bonchev–Trinajstić information content (AvgIpc) is 3.10. The molecule has 0 saturated carbocycles. The molecule has 7 heteroatoms. The molecular weight excluding hydrogens is 376 g/mol. The Morgan fingerprint density at radius 3 is 2.83 bits per heavy atom. The smallest absolute Gasteiger partial charge is 0.265 e. The van der Waals surface area contributed by atoms with Gasteiger partial charge in [0.2, 0.25) is 0 Å². The Labute approximate surface area is 167 Å². The van der Waals surface area contributed by atoms with Crippen LogP contribution in [0.3, 0.4) is 0 Å². The molecule has 2 aromatic heterocycles. The molecule has 1 N–H and O–H groups in total. The van der Waals surface area contributed by atoms with Crippen LogP contribution in [0.1, 0.15) is 34.3 Å². The van der Waals surface area contributed by atoms with Crippen LogP contribution in [0.2, 0.25) is 0 Å². The summed E-state index contributed by atoms with van der Waals surface area (Å²) in [5, 5.41) is 1.10. The highest BCUT2D eigenvalue weighted by atomic mass is 19.3. The second-order valence-electron chi connectivity index (χ2n) is 7.67. The molecule has 0 radical (unpaired) electrons. The first kappa shape index (κ1) is 19.4. The number of hydrogen-bond donors (Lipinski definition) is 1. The number of nitrogens with zero attached hydrogens (tertiary/aromatic N) is 2. The SMILES string of the molecule is Cc1ccn(CCc2c[nH]c3ccccc23)c(=O)c1C(=O)N1CCCC(F)(F)C1. The zero-order valence-corrected chi connectivity index (χ0v) is 16.3. The molecular formula is C22H23F2N3O2. The monoisotopic (exact) mass is 399 g/mol. The van der Waals surface area contributed by atoms with Crippen LogP contribution in [0.15, 0.2) is 47.5 Å². The van der Waals surface area contributed by atoms with E-state index >= 15 is 0 Å². The van der Waals surface area contributed by atoms with Crippen LogP contribution in [0.4, 0.5) is 8.78 Å². The summed E-state index contributed by atoms with van der Waals surface area (Å²) >= 11 is 0. The van der Waals surface area contributed by atoms with Crippen LogP contribution in [0.25, 0.3) is 10.9 Å². The minimum atomic E-state index is -2.90. The number of nitrogens with one attached hydrogen (secondary N) is 1. The third-order valence-electron chi connectivity index (χ3n) is 5.56. The second kappa shape index (κ2) is 7.46. The zero-order chi connectivity index (χ0) is 20.6. The van der Waals surface area contributed by atoms with Crippen molar-refractivity contribution in [3.05, 3.63) is 69.8 Å². The number of likely N-dealkylation sites (tertiary alicyclic amines) is 1. The van der Waals surface area contributed by atoms with E-state index in [4.69, 9.17) is 0 Å². The maximum atomic E-state index is 13.7. The molecule has 0 spiro atoms. The average molecular weight is 399 g/mol. The highest BCUT2D eigenvalue weighted by molar-refractivity contribution is 5.95. The predicted octanol–water partition coefficient (Wildman–Crippen LogP) is 3.75. The minimum absolute atomic E-state index is 0.0101. The number of alkyl halides is 2. The molecule has 3 heterocycles.